The molecule has 0 saturated heterocycles. The number of nitrogens with zero attached hydrogens (tertiary/aromatic N) is 2. The molecule has 0 fully saturated rings. The van der Waals surface area contributed by atoms with E-state index in [1.807, 2.05) is 81.4 Å². The van der Waals surface area contributed by atoms with Crippen molar-refractivity contribution in [3.63, 3.8) is 0 Å². The molecule has 4 rings (SSSR count). The fourth-order valence-corrected chi connectivity index (χ4v) is 6.31. The topological polar surface area (TPSA) is 96.0 Å². The zero-order chi connectivity index (χ0) is 32.2. The lowest BCUT2D eigenvalue weighted by molar-refractivity contribution is -0.140. The standard InChI is InChI=1S/C36H41N3O5S/c1-4-28(3)37-36(41)34(25-29-15-9-6-10-16-29)38(26-30-17-11-7-12-18-30)35(40)27-39(31-19-13-8-14-20-31)45(42,43)33-23-21-32(22-24-33)44-5-2/h6-24,28,34H,4-5,25-27H2,1-3H3,(H,37,41)/t28-,34+/m1/s1. The molecule has 0 aliphatic carbocycles. The molecule has 4 aromatic rings. The van der Waals surface area contributed by atoms with Crippen molar-refractivity contribution in [1.82, 2.24) is 10.2 Å². The first-order chi connectivity index (χ1) is 21.7. The highest BCUT2D eigenvalue weighted by Gasteiger charge is 2.35. The maximum Gasteiger partial charge on any atom is 0.264 e. The molecule has 4 aromatic carbocycles. The van der Waals surface area contributed by atoms with Gasteiger partial charge >= 0.3 is 0 Å². The number of hydrogen-bond acceptors (Lipinski definition) is 5. The van der Waals surface area contributed by atoms with Crippen molar-refractivity contribution in [3.8, 4) is 5.75 Å². The second kappa shape index (κ2) is 15.9. The first kappa shape index (κ1) is 33.3. The van der Waals surface area contributed by atoms with Crippen molar-refractivity contribution in [2.45, 2.75) is 57.1 Å². The number of sulfonamides is 1. The maximum absolute atomic E-state index is 14.5. The number of ether oxygens (including phenoxy) is 1. The smallest absolute Gasteiger partial charge is 0.264 e. The second-order valence-corrected chi connectivity index (χ2v) is 12.6. The Morgan fingerprint density at radius 1 is 0.778 bits per heavy atom. The van der Waals surface area contributed by atoms with Gasteiger partial charge < -0.3 is 15.0 Å². The summed E-state index contributed by atoms with van der Waals surface area (Å²) in [6.07, 6.45) is 0.983. The van der Waals surface area contributed by atoms with Crippen molar-refractivity contribution >= 4 is 27.5 Å². The predicted octanol–water partition coefficient (Wildman–Crippen LogP) is 5.84. The molecule has 2 amide bonds. The van der Waals surface area contributed by atoms with Crippen LogP contribution in [-0.2, 0) is 32.6 Å². The third-order valence-corrected chi connectivity index (χ3v) is 9.30. The van der Waals surface area contributed by atoms with Crippen molar-refractivity contribution in [1.29, 1.82) is 0 Å². The molecule has 45 heavy (non-hydrogen) atoms. The minimum atomic E-state index is -4.19. The van der Waals surface area contributed by atoms with Crippen LogP contribution in [0.5, 0.6) is 5.75 Å². The summed E-state index contributed by atoms with van der Waals surface area (Å²) >= 11 is 0. The fourth-order valence-electron chi connectivity index (χ4n) is 4.90. The van der Waals surface area contributed by atoms with Gasteiger partial charge in [0.05, 0.1) is 17.2 Å². The number of nitrogens with one attached hydrogen (secondary N) is 1. The number of para-hydroxylation sites is 1. The molecule has 0 spiro atoms. The summed E-state index contributed by atoms with van der Waals surface area (Å²) in [7, 11) is -4.19. The molecule has 236 valence electrons. The second-order valence-electron chi connectivity index (χ2n) is 10.8. The van der Waals surface area contributed by atoms with Crippen LogP contribution in [0.1, 0.15) is 38.3 Å². The lowest BCUT2D eigenvalue weighted by atomic mass is 10.0. The van der Waals surface area contributed by atoms with E-state index >= 15 is 0 Å². The van der Waals surface area contributed by atoms with Crippen LogP contribution in [0.25, 0.3) is 0 Å². The van der Waals surface area contributed by atoms with Gasteiger partial charge in [-0.05, 0) is 67.8 Å². The zero-order valence-corrected chi connectivity index (χ0v) is 26.8. The highest BCUT2D eigenvalue weighted by molar-refractivity contribution is 7.92. The minimum Gasteiger partial charge on any atom is -0.494 e. The zero-order valence-electron chi connectivity index (χ0n) is 26.0. The molecule has 0 aromatic heterocycles. The molecule has 8 nitrogen and oxygen atoms in total. The van der Waals surface area contributed by atoms with Gasteiger partial charge in [0.25, 0.3) is 10.0 Å². The highest BCUT2D eigenvalue weighted by atomic mass is 32.2. The van der Waals surface area contributed by atoms with Gasteiger partial charge in [0.15, 0.2) is 0 Å². The SMILES string of the molecule is CCOc1ccc(S(=O)(=O)N(CC(=O)N(Cc2ccccc2)[C@@H](Cc2ccccc2)C(=O)N[C@H](C)CC)c2ccccc2)cc1. The quantitative estimate of drug-likeness (QED) is 0.179. The molecular weight excluding hydrogens is 586 g/mol. The first-order valence-corrected chi connectivity index (χ1v) is 16.6. The average molecular weight is 628 g/mol. The molecule has 0 aliphatic rings. The van der Waals surface area contributed by atoms with Gasteiger partial charge in [0, 0.05) is 19.0 Å². The van der Waals surface area contributed by atoms with Crippen molar-refractivity contribution in [2.24, 2.45) is 0 Å². The third-order valence-electron chi connectivity index (χ3n) is 7.51. The van der Waals surface area contributed by atoms with Crippen LogP contribution in [0.4, 0.5) is 5.69 Å². The molecule has 0 radical (unpaired) electrons. The normalized spacial score (nSPS) is 12.5. The summed E-state index contributed by atoms with van der Waals surface area (Å²) in [6, 6.07) is 32.6. The van der Waals surface area contributed by atoms with Crippen LogP contribution >= 0.6 is 0 Å². The van der Waals surface area contributed by atoms with Crippen LogP contribution < -0.4 is 14.4 Å². The van der Waals surface area contributed by atoms with Crippen molar-refractivity contribution in [2.75, 3.05) is 17.5 Å². The number of amides is 2. The van der Waals surface area contributed by atoms with E-state index in [1.165, 1.54) is 17.0 Å². The Morgan fingerprint density at radius 3 is 1.89 bits per heavy atom. The number of benzene rings is 4. The van der Waals surface area contributed by atoms with Gasteiger partial charge in [-0.25, -0.2) is 8.42 Å². The van der Waals surface area contributed by atoms with E-state index in [-0.39, 0.29) is 29.8 Å². The molecule has 0 heterocycles. The van der Waals surface area contributed by atoms with Crippen LogP contribution in [-0.4, -0.2) is 50.4 Å². The fraction of sp³-hybridized carbons (Fsp3) is 0.278. The van der Waals surface area contributed by atoms with Gasteiger partial charge in [-0.1, -0.05) is 85.8 Å². The molecule has 1 N–H and O–H groups in total. The molecule has 0 saturated carbocycles. The Labute approximate surface area is 266 Å². The first-order valence-electron chi connectivity index (χ1n) is 15.2. The van der Waals surface area contributed by atoms with Crippen LogP contribution in [0.2, 0.25) is 0 Å². The van der Waals surface area contributed by atoms with Crippen molar-refractivity contribution < 1.29 is 22.7 Å². The number of rotatable bonds is 15. The Balaban J connectivity index is 1.76. The lowest BCUT2D eigenvalue weighted by Crippen LogP contribution is -2.54. The summed E-state index contributed by atoms with van der Waals surface area (Å²) in [5.74, 6) is -0.250. The summed E-state index contributed by atoms with van der Waals surface area (Å²) in [5, 5.41) is 3.05. The molecule has 0 aliphatic heterocycles. The Kier molecular flexibility index (Phi) is 11.8. The summed E-state index contributed by atoms with van der Waals surface area (Å²) in [6.45, 7) is 5.81. The Bertz CT molecular complexity index is 1620. The van der Waals surface area contributed by atoms with Gasteiger partial charge in [0.2, 0.25) is 11.8 Å². The van der Waals surface area contributed by atoms with Crippen molar-refractivity contribution in [3.05, 3.63) is 126 Å². The predicted molar refractivity (Wildman–Crippen MR) is 177 cm³/mol. The maximum atomic E-state index is 14.5. The van der Waals surface area contributed by atoms with E-state index in [0.717, 1.165) is 21.9 Å². The van der Waals surface area contributed by atoms with E-state index in [2.05, 4.69) is 5.32 Å². The van der Waals surface area contributed by atoms with Crippen LogP contribution in [0, 0.1) is 0 Å². The summed E-state index contributed by atoms with van der Waals surface area (Å²) in [5.41, 5.74) is 2.04. The molecule has 0 unspecified atom stereocenters. The Morgan fingerprint density at radius 2 is 1.33 bits per heavy atom. The highest BCUT2D eigenvalue weighted by Crippen LogP contribution is 2.26. The number of hydrogen-bond donors (Lipinski definition) is 1. The summed E-state index contributed by atoms with van der Waals surface area (Å²) in [4.78, 5) is 29.8. The summed E-state index contributed by atoms with van der Waals surface area (Å²) < 4.78 is 34.9. The van der Waals surface area contributed by atoms with Crippen LogP contribution in [0.3, 0.4) is 0 Å². The van der Waals surface area contributed by atoms with Gasteiger partial charge in [-0.2, -0.15) is 0 Å². The van der Waals surface area contributed by atoms with Gasteiger partial charge in [0.1, 0.15) is 18.3 Å². The molecule has 2 atom stereocenters. The van der Waals surface area contributed by atoms with E-state index < -0.39 is 28.5 Å². The Hall–Kier alpha value is -4.63. The number of carbonyl (C=O) groups excluding carboxylic acids is 2. The molecule has 0 bridgehead atoms. The largest absolute Gasteiger partial charge is 0.494 e. The third kappa shape index (κ3) is 8.95. The minimum absolute atomic E-state index is 0.0209. The molecular formula is C36H41N3O5S. The average Bonchev–Trinajstić information content (AvgIpc) is 3.06. The number of carbonyl (C=O) groups is 2. The number of anilines is 1. The van der Waals surface area contributed by atoms with Gasteiger partial charge in [-0.15, -0.1) is 0 Å². The monoisotopic (exact) mass is 627 g/mol. The van der Waals surface area contributed by atoms with E-state index in [4.69, 9.17) is 4.74 Å². The van der Waals surface area contributed by atoms with E-state index in [0.29, 0.717) is 18.0 Å². The van der Waals surface area contributed by atoms with Crippen LogP contribution in [0.15, 0.2) is 120 Å². The van der Waals surface area contributed by atoms with Gasteiger partial charge in [-0.3, -0.25) is 13.9 Å². The lowest BCUT2D eigenvalue weighted by Gasteiger charge is -2.34. The van der Waals surface area contributed by atoms with E-state index in [9.17, 15) is 18.0 Å². The molecule has 9 heteroatoms. The van der Waals surface area contributed by atoms with E-state index in [1.54, 1.807) is 42.5 Å².